The Bertz CT molecular complexity index is 1830. The molecule has 0 spiro atoms. The van der Waals surface area contributed by atoms with Crippen LogP contribution >= 0.6 is 50.5 Å². The number of carboxylic acid groups (broad SMARTS) is 4. The van der Waals surface area contributed by atoms with Crippen molar-refractivity contribution >= 4 is 110 Å². The van der Waals surface area contributed by atoms with E-state index in [1.807, 2.05) is 0 Å². The fourth-order valence-corrected chi connectivity index (χ4v) is 4.90. The lowest BCUT2D eigenvalue weighted by Gasteiger charge is -2.29. The van der Waals surface area contributed by atoms with E-state index < -0.39 is 239 Å². The van der Waals surface area contributed by atoms with Crippen molar-refractivity contribution in [3.8, 4) is 0 Å². The Morgan fingerprint density at radius 2 is 0.464 bits per heavy atom. The number of aliphatic carboxylic acids is 4. The van der Waals surface area contributed by atoms with Crippen LogP contribution in [0, 0.1) is 0 Å². The van der Waals surface area contributed by atoms with Gasteiger partial charge < -0.3 is 151 Å². The number of esters is 6. The van der Waals surface area contributed by atoms with E-state index in [0.29, 0.717) is 0 Å². The summed E-state index contributed by atoms with van der Waals surface area (Å²) in [7, 11) is 0. The van der Waals surface area contributed by atoms with Gasteiger partial charge in [-0.2, -0.15) is 50.5 Å². The summed E-state index contributed by atoms with van der Waals surface area (Å²) in [4.78, 5) is 111. The minimum Gasteiger partial charge on any atom is -0.481 e. The van der Waals surface area contributed by atoms with Crippen molar-refractivity contribution in [3.05, 3.63) is 0 Å². The second kappa shape index (κ2) is 43.8. The zero-order valence-corrected chi connectivity index (χ0v) is 46.4. The van der Waals surface area contributed by atoms with Crippen molar-refractivity contribution in [1.82, 2.24) is 0 Å². The van der Waals surface area contributed by atoms with E-state index in [2.05, 4.69) is 78.9 Å². The zero-order chi connectivity index (χ0) is 66.7. The second-order valence-electron chi connectivity index (χ2n) is 16.0. The molecule has 16 unspecified atom stereocenters. The summed E-state index contributed by atoms with van der Waals surface area (Å²) >= 11 is 14.2. The Morgan fingerprint density at radius 3 is 0.595 bits per heavy atom. The summed E-state index contributed by atoms with van der Waals surface area (Å²) in [5.41, 5.74) is -8.07. The maximum atomic E-state index is 12.9. The van der Waals surface area contributed by atoms with Crippen LogP contribution < -0.4 is 0 Å². The highest BCUT2D eigenvalue weighted by Crippen LogP contribution is 2.18. The predicted molar refractivity (Wildman–Crippen MR) is 272 cm³/mol. The highest BCUT2D eigenvalue weighted by atomic mass is 32.1. The lowest BCUT2D eigenvalue weighted by Crippen LogP contribution is -2.58. The van der Waals surface area contributed by atoms with E-state index >= 15 is 0 Å². The van der Waals surface area contributed by atoms with Crippen LogP contribution in [0.25, 0.3) is 0 Å². The van der Waals surface area contributed by atoms with Crippen LogP contribution in [-0.4, -0.2) is 367 Å². The van der Waals surface area contributed by atoms with E-state index in [1.165, 1.54) is 0 Å². The quantitative estimate of drug-likeness (QED) is 0.0120. The van der Waals surface area contributed by atoms with Gasteiger partial charge in [-0.25, -0.2) is 28.8 Å². The lowest BCUT2D eigenvalue weighted by atomic mass is 10.0. The average Bonchev–Trinajstić information content (AvgIpc) is 3.53. The second-order valence-corrected chi connectivity index (χ2v) is 17.3. The molecular formula is C40H68O40S4. The molecule has 0 saturated carbocycles. The Kier molecular flexibility index (Phi) is 44.8. The maximum absolute atomic E-state index is 12.9. The fourth-order valence-electron chi connectivity index (χ4n) is 4.62. The fraction of sp³-hybridized carbons (Fsp3) is 0.750. The number of hydrogen-bond acceptors (Lipinski definition) is 40. The number of hydrogen-bond donors (Lipinski definition) is 28. The molecule has 24 N–H and O–H groups in total. The molecule has 0 aromatic carbocycles. The Balaban J connectivity index is -0.000000922. The molecular weight excluding hydrogens is 1250 g/mol. The van der Waals surface area contributed by atoms with Gasteiger partial charge in [0.1, 0.15) is 137 Å². The van der Waals surface area contributed by atoms with Gasteiger partial charge in [0.15, 0.2) is 0 Å². The van der Waals surface area contributed by atoms with Gasteiger partial charge in [-0.3, -0.25) is 19.2 Å². The van der Waals surface area contributed by atoms with Crippen molar-refractivity contribution in [3.63, 3.8) is 0 Å². The van der Waals surface area contributed by atoms with E-state index in [9.17, 15) is 114 Å². The molecule has 0 amide bonds. The first-order valence-corrected chi connectivity index (χ1v) is 25.1. The van der Waals surface area contributed by atoms with Gasteiger partial charge in [-0.05, 0) is 0 Å². The smallest absolute Gasteiger partial charge is 0.362 e. The van der Waals surface area contributed by atoms with E-state index in [-0.39, 0.29) is 5.75 Å². The van der Waals surface area contributed by atoms with Crippen LogP contribution in [0.15, 0.2) is 0 Å². The molecule has 0 heterocycles. The molecule has 84 heavy (non-hydrogen) atoms. The number of carbonyl (C=O) groups excluding carboxylic acids is 6. The number of aliphatic hydroxyl groups is 20. The van der Waals surface area contributed by atoms with Crippen LogP contribution in [-0.2, 0) is 76.4 Å². The van der Waals surface area contributed by atoms with E-state index in [4.69, 9.17) is 56.2 Å². The van der Waals surface area contributed by atoms with Crippen molar-refractivity contribution in [1.29, 1.82) is 0 Å². The molecule has 0 aliphatic rings. The third-order valence-electron chi connectivity index (χ3n) is 9.67. The molecule has 0 aromatic rings. The summed E-state index contributed by atoms with van der Waals surface area (Å²) in [6.45, 7) is -8.71. The van der Waals surface area contributed by atoms with Gasteiger partial charge in [-0.1, -0.05) is 0 Å². The van der Waals surface area contributed by atoms with Crippen molar-refractivity contribution < 1.29 is 199 Å². The first-order chi connectivity index (χ1) is 38.6. The molecule has 40 nitrogen and oxygen atoms in total. The van der Waals surface area contributed by atoms with Crippen molar-refractivity contribution in [2.24, 2.45) is 0 Å². The van der Waals surface area contributed by atoms with E-state index in [0.717, 1.165) is 0 Å². The Labute approximate surface area is 492 Å². The number of carbonyl (C=O) groups is 10. The standard InChI is InChI=1S/C28H46O25S3.C6H14O6.C4H4O7.C2H4O2S/c29-10(1-48-16(35)7-54)19(38)22(41)13(32)4-51-25(44)28(47,26(45)52-5-14(33)23(42)20(39)11(30)2-49-17(36)8-55)27(46)53-6-15(34)24(43)21(40)12(31)3-50-18(37)9-56;7-1-3(9)5(11)6(12)4(10)2-8;5-1(6)4(11,2(7)8)3(9)10;3-2(4)1-5/h10-15,19-24,29-34,38-43,47,54-56H,1-9H2;3-12H,1-2H2;11H,(H,5,6)(H,7,8)(H,9,10);5H,1H2,(H,3,4). The first-order valence-electron chi connectivity index (χ1n) is 22.5. The molecule has 0 fully saturated rings. The van der Waals surface area contributed by atoms with Gasteiger partial charge in [0.2, 0.25) is 0 Å². The van der Waals surface area contributed by atoms with Crippen LogP contribution in [0.5, 0.6) is 0 Å². The molecule has 0 saturated heterocycles. The van der Waals surface area contributed by atoms with Crippen LogP contribution in [0.1, 0.15) is 0 Å². The van der Waals surface area contributed by atoms with Gasteiger partial charge >= 0.3 is 70.9 Å². The summed E-state index contributed by atoms with van der Waals surface area (Å²) in [6, 6.07) is 0. The molecule has 0 radical (unpaired) electrons. The van der Waals surface area contributed by atoms with Gasteiger partial charge in [0, 0.05) is 0 Å². The van der Waals surface area contributed by atoms with Gasteiger partial charge in [-0.15, -0.1) is 0 Å². The average molecular weight is 1320 g/mol. The van der Waals surface area contributed by atoms with Gasteiger partial charge in [0.05, 0.1) is 36.2 Å². The first kappa shape index (κ1) is 85.7. The number of carboxylic acids is 4. The molecule has 0 bridgehead atoms. The Hall–Kier alpha value is -4.70. The molecule has 44 heteroatoms. The van der Waals surface area contributed by atoms with Crippen molar-refractivity contribution in [2.75, 3.05) is 75.9 Å². The molecule has 0 aliphatic heterocycles. The SMILES string of the molecule is O=C(CS)OCC(O)C(O)C(O)C(O)COC(=O)C(O)(C(=O)OCC(O)C(O)C(O)C(O)COC(=O)CS)C(=O)OCC(O)C(O)C(O)C(O)COC(=O)CS.O=C(O)C(O)(C(=O)O)C(=O)O.O=C(O)CS.OCC(O)C(O)C(O)C(O)CO. The lowest BCUT2D eigenvalue weighted by molar-refractivity contribution is -0.204. The van der Waals surface area contributed by atoms with Crippen LogP contribution in [0.2, 0.25) is 0 Å². The highest BCUT2D eigenvalue weighted by Gasteiger charge is 2.58. The number of rotatable bonds is 36. The van der Waals surface area contributed by atoms with Crippen LogP contribution in [0.3, 0.4) is 0 Å². The maximum Gasteiger partial charge on any atom is 0.362 e. The summed E-state index contributed by atoms with van der Waals surface area (Å²) in [5.74, 6) is -19.3. The molecule has 492 valence electrons. The molecule has 0 aliphatic carbocycles. The number of thiol groups is 4. The summed E-state index contributed by atoms with van der Waals surface area (Å²) < 4.78 is 27.0. The molecule has 0 rings (SSSR count). The third kappa shape index (κ3) is 30.6. The zero-order valence-electron chi connectivity index (χ0n) is 42.8. The number of ether oxygens (including phenoxy) is 6. The monoisotopic (exact) mass is 1320 g/mol. The Morgan fingerprint density at radius 1 is 0.298 bits per heavy atom. The minimum atomic E-state index is -4.32. The molecule has 16 atom stereocenters. The number of aliphatic hydroxyl groups excluding tert-OH is 18. The van der Waals surface area contributed by atoms with Crippen molar-refractivity contribution in [2.45, 2.75) is 109 Å². The van der Waals surface area contributed by atoms with E-state index in [1.54, 1.807) is 0 Å². The molecule has 0 aromatic heterocycles. The van der Waals surface area contributed by atoms with Gasteiger partial charge in [0.25, 0.3) is 0 Å². The highest BCUT2D eigenvalue weighted by molar-refractivity contribution is 7.81. The summed E-state index contributed by atoms with van der Waals surface area (Å²) in [6.07, 6.45) is -33.9. The largest absolute Gasteiger partial charge is 0.481 e. The summed E-state index contributed by atoms with van der Waals surface area (Å²) in [5, 5.41) is 224. The topological polar surface area (TPSA) is 712 Å². The third-order valence-corrected chi connectivity index (χ3v) is 10.7. The van der Waals surface area contributed by atoms with Crippen LogP contribution in [0.4, 0.5) is 0 Å². The normalized spacial score (nSPS) is 17.6. The predicted octanol–water partition coefficient (Wildman–Crippen LogP) is -15.5. The minimum absolute atomic E-state index is 0.0833.